The molecule has 0 radical (unpaired) electrons. The first-order chi connectivity index (χ1) is 9.50. The predicted octanol–water partition coefficient (Wildman–Crippen LogP) is -0.898. The van der Waals surface area contributed by atoms with Crippen molar-refractivity contribution in [2.24, 2.45) is 0 Å². The van der Waals surface area contributed by atoms with Crippen LogP contribution in [0.3, 0.4) is 0 Å². The van der Waals surface area contributed by atoms with Gasteiger partial charge in [0, 0.05) is 32.8 Å². The summed E-state index contributed by atoms with van der Waals surface area (Å²) < 4.78 is 5.24. The maximum absolute atomic E-state index is 12.4. The van der Waals surface area contributed by atoms with Gasteiger partial charge in [0.05, 0.1) is 0 Å². The number of urea groups is 1. The Morgan fingerprint density at radius 3 is 2.65 bits per heavy atom. The fourth-order valence-electron chi connectivity index (χ4n) is 2.49. The summed E-state index contributed by atoms with van der Waals surface area (Å²) in [6.45, 7) is 0.904. The molecule has 2 N–H and O–H groups in total. The zero-order valence-electron chi connectivity index (χ0n) is 11.4. The topological polar surface area (TPSA) is 99.2 Å². The summed E-state index contributed by atoms with van der Waals surface area (Å²) in [6, 6.07) is -1.41. The zero-order valence-corrected chi connectivity index (χ0v) is 11.4. The number of carbonyl (C=O) groups is 3. The second-order valence-corrected chi connectivity index (χ2v) is 5.02. The molecule has 112 valence electrons. The summed E-state index contributed by atoms with van der Waals surface area (Å²) in [6.07, 6.45) is 1.44. The van der Waals surface area contributed by atoms with Gasteiger partial charge in [-0.3, -0.25) is 9.69 Å². The van der Waals surface area contributed by atoms with Crippen molar-refractivity contribution in [2.45, 2.75) is 24.9 Å². The standard InChI is InChI=1S/C12H19N3O5/c1-14(8-2-4-20-5-3-8)12(19)15-7-10(16)13-6-9(15)11(17)18/h8-9H,2-7H2,1H3,(H,13,16)(H,17,18). The first-order valence-electron chi connectivity index (χ1n) is 6.61. The van der Waals surface area contributed by atoms with Gasteiger partial charge in [0.2, 0.25) is 5.91 Å². The van der Waals surface area contributed by atoms with E-state index in [4.69, 9.17) is 9.84 Å². The number of hydrogen-bond donors (Lipinski definition) is 2. The first-order valence-corrected chi connectivity index (χ1v) is 6.61. The van der Waals surface area contributed by atoms with Gasteiger partial charge in [0.25, 0.3) is 0 Å². The molecule has 0 aliphatic carbocycles. The van der Waals surface area contributed by atoms with E-state index in [1.807, 2.05) is 0 Å². The SMILES string of the molecule is CN(C(=O)N1CC(=O)NCC1C(=O)O)C1CCOCC1. The van der Waals surface area contributed by atoms with Crippen molar-refractivity contribution in [3.63, 3.8) is 0 Å². The largest absolute Gasteiger partial charge is 0.480 e. The maximum Gasteiger partial charge on any atom is 0.328 e. The molecule has 2 fully saturated rings. The molecular formula is C12H19N3O5. The summed E-state index contributed by atoms with van der Waals surface area (Å²) in [5.41, 5.74) is 0. The molecule has 20 heavy (non-hydrogen) atoms. The molecule has 2 rings (SSSR count). The summed E-state index contributed by atoms with van der Waals surface area (Å²) in [5, 5.41) is 11.6. The minimum Gasteiger partial charge on any atom is -0.480 e. The Hall–Kier alpha value is -1.83. The molecule has 2 heterocycles. The van der Waals surface area contributed by atoms with Crippen molar-refractivity contribution in [3.05, 3.63) is 0 Å². The molecule has 0 saturated carbocycles. The molecule has 8 nitrogen and oxygen atoms in total. The Kier molecular flexibility index (Phi) is 4.43. The van der Waals surface area contributed by atoms with Gasteiger partial charge >= 0.3 is 12.0 Å². The lowest BCUT2D eigenvalue weighted by atomic mass is 10.1. The molecular weight excluding hydrogens is 266 g/mol. The van der Waals surface area contributed by atoms with Crippen LogP contribution in [0.4, 0.5) is 4.79 Å². The highest BCUT2D eigenvalue weighted by Gasteiger charge is 2.38. The van der Waals surface area contributed by atoms with E-state index in [2.05, 4.69) is 5.32 Å². The molecule has 0 spiro atoms. The van der Waals surface area contributed by atoms with E-state index < -0.39 is 18.0 Å². The van der Waals surface area contributed by atoms with Crippen LogP contribution in [-0.2, 0) is 14.3 Å². The molecule has 0 bridgehead atoms. The summed E-state index contributed by atoms with van der Waals surface area (Å²) in [4.78, 5) is 37.7. The Morgan fingerprint density at radius 1 is 1.40 bits per heavy atom. The van der Waals surface area contributed by atoms with Crippen LogP contribution >= 0.6 is 0 Å². The molecule has 0 aromatic rings. The highest BCUT2D eigenvalue weighted by molar-refractivity contribution is 5.90. The van der Waals surface area contributed by atoms with E-state index in [-0.39, 0.29) is 25.0 Å². The monoisotopic (exact) mass is 285 g/mol. The van der Waals surface area contributed by atoms with Crippen LogP contribution in [0.5, 0.6) is 0 Å². The summed E-state index contributed by atoms with van der Waals surface area (Å²) in [5.74, 6) is -1.45. The average molecular weight is 285 g/mol. The fraction of sp³-hybridized carbons (Fsp3) is 0.750. The number of piperazine rings is 1. The van der Waals surface area contributed by atoms with E-state index in [9.17, 15) is 14.4 Å². The number of carboxylic acids is 1. The Bertz CT molecular complexity index is 408. The number of nitrogens with one attached hydrogen (secondary N) is 1. The van der Waals surface area contributed by atoms with Gasteiger partial charge in [-0.25, -0.2) is 9.59 Å². The number of nitrogens with zero attached hydrogens (tertiary/aromatic N) is 2. The molecule has 0 aromatic carbocycles. The zero-order chi connectivity index (χ0) is 14.7. The van der Waals surface area contributed by atoms with Crippen molar-refractivity contribution in [3.8, 4) is 0 Å². The Labute approximate surface area is 116 Å². The van der Waals surface area contributed by atoms with Crippen molar-refractivity contribution >= 4 is 17.9 Å². The van der Waals surface area contributed by atoms with Gasteiger partial charge in [-0.05, 0) is 12.8 Å². The summed E-state index contributed by atoms with van der Waals surface area (Å²) in [7, 11) is 1.64. The van der Waals surface area contributed by atoms with Crippen molar-refractivity contribution in [2.75, 3.05) is 33.4 Å². The minimum absolute atomic E-state index is 0.0238. The molecule has 1 unspecified atom stereocenters. The molecule has 0 aromatic heterocycles. The third-order valence-corrected chi connectivity index (χ3v) is 3.75. The third kappa shape index (κ3) is 3.01. The van der Waals surface area contributed by atoms with Gasteiger partial charge in [-0.2, -0.15) is 0 Å². The second kappa shape index (κ2) is 6.08. The summed E-state index contributed by atoms with van der Waals surface area (Å²) >= 11 is 0. The van der Waals surface area contributed by atoms with E-state index in [0.717, 1.165) is 17.7 Å². The number of ether oxygens (including phenoxy) is 1. The van der Waals surface area contributed by atoms with E-state index >= 15 is 0 Å². The van der Waals surface area contributed by atoms with Crippen LogP contribution in [0.25, 0.3) is 0 Å². The van der Waals surface area contributed by atoms with E-state index in [1.54, 1.807) is 7.05 Å². The van der Waals surface area contributed by atoms with Crippen LogP contribution in [0.2, 0.25) is 0 Å². The van der Waals surface area contributed by atoms with Crippen molar-refractivity contribution < 1.29 is 24.2 Å². The molecule has 2 aliphatic heterocycles. The van der Waals surface area contributed by atoms with E-state index in [0.29, 0.717) is 13.2 Å². The lowest BCUT2D eigenvalue weighted by Crippen LogP contribution is -2.62. The predicted molar refractivity (Wildman–Crippen MR) is 68.1 cm³/mol. The Balaban J connectivity index is 2.07. The quantitative estimate of drug-likeness (QED) is 0.685. The van der Waals surface area contributed by atoms with Gasteiger partial charge in [-0.1, -0.05) is 0 Å². The van der Waals surface area contributed by atoms with Gasteiger partial charge in [-0.15, -0.1) is 0 Å². The lowest BCUT2D eigenvalue weighted by Gasteiger charge is -2.39. The smallest absolute Gasteiger partial charge is 0.328 e. The number of amides is 3. The van der Waals surface area contributed by atoms with Crippen molar-refractivity contribution in [1.82, 2.24) is 15.1 Å². The van der Waals surface area contributed by atoms with Crippen LogP contribution in [-0.4, -0.2) is 78.2 Å². The number of hydrogen-bond acceptors (Lipinski definition) is 4. The van der Waals surface area contributed by atoms with Gasteiger partial charge < -0.3 is 20.1 Å². The fourth-order valence-corrected chi connectivity index (χ4v) is 2.49. The van der Waals surface area contributed by atoms with Crippen molar-refractivity contribution in [1.29, 1.82) is 0 Å². The Morgan fingerprint density at radius 2 is 2.05 bits per heavy atom. The second-order valence-electron chi connectivity index (χ2n) is 5.02. The van der Waals surface area contributed by atoms with Crippen LogP contribution in [0.1, 0.15) is 12.8 Å². The third-order valence-electron chi connectivity index (χ3n) is 3.75. The lowest BCUT2D eigenvalue weighted by molar-refractivity contribution is -0.144. The minimum atomic E-state index is -1.11. The average Bonchev–Trinajstić information content (AvgIpc) is 2.46. The molecule has 1 atom stereocenters. The molecule has 8 heteroatoms. The normalized spacial score (nSPS) is 24.1. The number of rotatable bonds is 2. The van der Waals surface area contributed by atoms with Gasteiger partial charge in [0.1, 0.15) is 12.6 Å². The van der Waals surface area contributed by atoms with Crippen LogP contribution in [0, 0.1) is 0 Å². The van der Waals surface area contributed by atoms with E-state index in [1.165, 1.54) is 4.90 Å². The highest BCUT2D eigenvalue weighted by Crippen LogP contribution is 2.16. The maximum atomic E-state index is 12.4. The highest BCUT2D eigenvalue weighted by atomic mass is 16.5. The number of aliphatic carboxylic acids is 1. The molecule has 2 saturated heterocycles. The molecule has 3 amide bonds. The van der Waals surface area contributed by atoms with Crippen LogP contribution in [0.15, 0.2) is 0 Å². The first kappa shape index (κ1) is 14.6. The number of carbonyl (C=O) groups excluding carboxylic acids is 2. The van der Waals surface area contributed by atoms with Crippen LogP contribution < -0.4 is 5.32 Å². The number of carboxylic acid groups (broad SMARTS) is 1. The molecule has 2 aliphatic rings. The van der Waals surface area contributed by atoms with Gasteiger partial charge in [0.15, 0.2) is 0 Å².